The van der Waals surface area contributed by atoms with Crippen LogP contribution in [0.25, 0.3) is 0 Å². The van der Waals surface area contributed by atoms with E-state index in [0.717, 1.165) is 11.3 Å². The highest BCUT2D eigenvalue weighted by atomic mass is 32.2. The Balaban J connectivity index is 2.56. The van der Waals surface area contributed by atoms with Crippen LogP contribution in [0, 0.1) is 0 Å². The normalized spacial score (nSPS) is 22.6. The van der Waals surface area contributed by atoms with E-state index in [9.17, 15) is 8.42 Å². The number of benzene rings is 1. The van der Waals surface area contributed by atoms with Crippen LogP contribution in [0.4, 0.5) is 5.69 Å². The fourth-order valence-electron chi connectivity index (χ4n) is 2.02. The second-order valence-electron chi connectivity index (χ2n) is 4.79. The van der Waals surface area contributed by atoms with Crippen LogP contribution in [-0.4, -0.2) is 18.5 Å². The van der Waals surface area contributed by atoms with E-state index in [-0.39, 0.29) is 16.4 Å². The number of anilines is 1. The average molecular weight is 241 g/mol. The largest absolute Gasteiger partial charge is 0.379 e. The first kappa shape index (κ1) is 11.4. The lowest BCUT2D eigenvalue weighted by Gasteiger charge is -2.24. The van der Waals surface area contributed by atoms with Crippen molar-refractivity contribution in [2.24, 2.45) is 0 Å². The highest BCUT2D eigenvalue weighted by Crippen LogP contribution is 2.42. The van der Waals surface area contributed by atoms with Gasteiger partial charge in [0.25, 0.3) is 10.1 Å². The van der Waals surface area contributed by atoms with E-state index in [1.54, 1.807) is 6.07 Å². The average Bonchev–Trinajstić information content (AvgIpc) is 2.36. The van der Waals surface area contributed by atoms with Crippen LogP contribution in [0.5, 0.6) is 0 Å². The minimum Gasteiger partial charge on any atom is -0.379 e. The van der Waals surface area contributed by atoms with E-state index < -0.39 is 10.1 Å². The van der Waals surface area contributed by atoms with Crippen molar-refractivity contribution in [3.8, 4) is 0 Å². The van der Waals surface area contributed by atoms with E-state index in [2.05, 4.69) is 19.2 Å². The Labute approximate surface area is 95.4 Å². The Hall–Kier alpha value is -1.07. The molecule has 4 nitrogen and oxygen atoms in total. The number of hydrogen-bond donors (Lipinski definition) is 2. The lowest BCUT2D eigenvalue weighted by atomic mass is 9.88. The minimum atomic E-state index is -4.11. The van der Waals surface area contributed by atoms with Gasteiger partial charge in [0, 0.05) is 17.1 Å². The predicted molar refractivity (Wildman–Crippen MR) is 62.4 cm³/mol. The molecule has 0 aliphatic carbocycles. The maximum atomic E-state index is 11.0. The molecule has 5 heteroatoms. The van der Waals surface area contributed by atoms with Crippen LogP contribution in [-0.2, 0) is 10.1 Å². The lowest BCUT2D eigenvalue weighted by molar-refractivity contribution is 0.482. The van der Waals surface area contributed by atoms with E-state index in [1.807, 2.05) is 6.92 Å². The molecule has 0 amide bonds. The number of fused-ring (bicyclic) bond motifs is 1. The third-order valence-electron chi connectivity index (χ3n) is 3.33. The molecule has 1 heterocycles. The van der Waals surface area contributed by atoms with Gasteiger partial charge in [-0.3, -0.25) is 4.55 Å². The molecule has 1 unspecified atom stereocenters. The fourth-order valence-corrected chi connectivity index (χ4v) is 2.53. The van der Waals surface area contributed by atoms with E-state index in [4.69, 9.17) is 4.55 Å². The van der Waals surface area contributed by atoms with Gasteiger partial charge >= 0.3 is 0 Å². The quantitative estimate of drug-likeness (QED) is 0.740. The molecule has 2 rings (SSSR count). The van der Waals surface area contributed by atoms with Gasteiger partial charge in [-0.05, 0) is 37.6 Å². The molecule has 0 bridgehead atoms. The summed E-state index contributed by atoms with van der Waals surface area (Å²) in [6.45, 7) is 6.15. The van der Waals surface area contributed by atoms with Crippen molar-refractivity contribution in [3.05, 3.63) is 23.8 Å². The summed E-state index contributed by atoms with van der Waals surface area (Å²) in [7, 11) is -4.11. The van der Waals surface area contributed by atoms with Crippen LogP contribution in [0.15, 0.2) is 23.1 Å². The van der Waals surface area contributed by atoms with Crippen molar-refractivity contribution in [3.63, 3.8) is 0 Å². The van der Waals surface area contributed by atoms with E-state index in [1.165, 1.54) is 12.1 Å². The summed E-state index contributed by atoms with van der Waals surface area (Å²) in [6.07, 6.45) is 0. The number of rotatable bonds is 1. The molecule has 0 aromatic heterocycles. The SMILES string of the molecule is CC1c2cc(S(=O)(=O)O)ccc2NC1(C)C. The molecule has 2 N–H and O–H groups in total. The van der Waals surface area contributed by atoms with Gasteiger partial charge in [-0.25, -0.2) is 0 Å². The molecule has 0 saturated carbocycles. The van der Waals surface area contributed by atoms with Gasteiger partial charge < -0.3 is 5.32 Å². The predicted octanol–water partition coefficient (Wildman–Crippen LogP) is 2.24. The van der Waals surface area contributed by atoms with Crippen molar-refractivity contribution in [2.75, 3.05) is 5.32 Å². The van der Waals surface area contributed by atoms with Gasteiger partial charge in [-0.15, -0.1) is 0 Å². The summed E-state index contributed by atoms with van der Waals surface area (Å²) in [6, 6.07) is 4.65. The lowest BCUT2D eigenvalue weighted by Crippen LogP contribution is -2.30. The maximum absolute atomic E-state index is 11.0. The summed E-state index contributed by atoms with van der Waals surface area (Å²) >= 11 is 0. The topological polar surface area (TPSA) is 66.4 Å². The van der Waals surface area contributed by atoms with Crippen LogP contribution in [0.2, 0.25) is 0 Å². The zero-order valence-corrected chi connectivity index (χ0v) is 10.3. The van der Waals surface area contributed by atoms with Crippen molar-refractivity contribution >= 4 is 15.8 Å². The maximum Gasteiger partial charge on any atom is 0.294 e. The Bertz CT molecular complexity index is 534. The first-order valence-electron chi connectivity index (χ1n) is 5.11. The van der Waals surface area contributed by atoms with Gasteiger partial charge in [0.05, 0.1) is 4.90 Å². The molecule has 0 radical (unpaired) electrons. The second-order valence-corrected chi connectivity index (χ2v) is 6.21. The third kappa shape index (κ3) is 1.70. The Morgan fingerprint density at radius 1 is 1.38 bits per heavy atom. The van der Waals surface area contributed by atoms with Gasteiger partial charge in [-0.2, -0.15) is 8.42 Å². The second kappa shape index (κ2) is 3.21. The van der Waals surface area contributed by atoms with Crippen LogP contribution in [0.1, 0.15) is 32.3 Å². The molecule has 16 heavy (non-hydrogen) atoms. The molecule has 1 atom stereocenters. The van der Waals surface area contributed by atoms with Crippen LogP contribution >= 0.6 is 0 Å². The third-order valence-corrected chi connectivity index (χ3v) is 4.18. The first-order valence-corrected chi connectivity index (χ1v) is 6.55. The Morgan fingerprint density at radius 2 is 2.00 bits per heavy atom. The standard InChI is InChI=1S/C11H15NO3S/c1-7-9-6-8(16(13,14)15)4-5-10(9)12-11(7,2)3/h4-7,12H,1-3H3,(H,13,14,15). The molecule has 1 aromatic carbocycles. The Kier molecular flexibility index (Phi) is 2.29. The number of hydrogen-bond acceptors (Lipinski definition) is 3. The molecule has 0 saturated heterocycles. The number of nitrogens with one attached hydrogen (secondary N) is 1. The molecule has 1 aromatic rings. The molecule has 1 aliphatic rings. The summed E-state index contributed by atoms with van der Waals surface area (Å²) in [5.74, 6) is 0.198. The smallest absolute Gasteiger partial charge is 0.294 e. The first-order chi connectivity index (χ1) is 7.22. The van der Waals surface area contributed by atoms with E-state index >= 15 is 0 Å². The summed E-state index contributed by atoms with van der Waals surface area (Å²) < 4.78 is 31.1. The van der Waals surface area contributed by atoms with Gasteiger partial charge in [0.15, 0.2) is 0 Å². The van der Waals surface area contributed by atoms with Crippen LogP contribution in [0.3, 0.4) is 0 Å². The highest BCUT2D eigenvalue weighted by Gasteiger charge is 2.35. The summed E-state index contributed by atoms with van der Waals surface area (Å²) in [5.41, 5.74) is 1.77. The zero-order valence-electron chi connectivity index (χ0n) is 9.48. The Morgan fingerprint density at radius 3 is 2.56 bits per heavy atom. The molecule has 88 valence electrons. The molecule has 0 fully saturated rings. The van der Waals surface area contributed by atoms with Crippen molar-refractivity contribution in [1.29, 1.82) is 0 Å². The molecule has 1 aliphatic heterocycles. The van der Waals surface area contributed by atoms with Gasteiger partial charge in [-0.1, -0.05) is 6.92 Å². The van der Waals surface area contributed by atoms with Crippen molar-refractivity contribution < 1.29 is 13.0 Å². The monoisotopic (exact) mass is 241 g/mol. The zero-order chi connectivity index (χ0) is 12.1. The molecule has 0 spiro atoms. The van der Waals surface area contributed by atoms with Crippen molar-refractivity contribution in [1.82, 2.24) is 0 Å². The van der Waals surface area contributed by atoms with Gasteiger partial charge in [0.1, 0.15) is 0 Å². The molecular weight excluding hydrogens is 226 g/mol. The van der Waals surface area contributed by atoms with E-state index in [0.29, 0.717) is 0 Å². The van der Waals surface area contributed by atoms with Gasteiger partial charge in [0.2, 0.25) is 0 Å². The minimum absolute atomic E-state index is 0.0439. The fraction of sp³-hybridized carbons (Fsp3) is 0.455. The van der Waals surface area contributed by atoms with Crippen LogP contribution < -0.4 is 5.32 Å². The molecular formula is C11H15NO3S. The summed E-state index contributed by atoms with van der Waals surface area (Å²) in [4.78, 5) is -0.0439. The van der Waals surface area contributed by atoms with Crippen molar-refractivity contribution in [2.45, 2.75) is 37.1 Å². The highest BCUT2D eigenvalue weighted by molar-refractivity contribution is 7.85. The summed E-state index contributed by atoms with van der Waals surface area (Å²) in [5, 5.41) is 3.33.